The van der Waals surface area contributed by atoms with Crippen LogP contribution in [0, 0.1) is 5.92 Å². The third-order valence-corrected chi connectivity index (χ3v) is 4.10. The van der Waals surface area contributed by atoms with Gasteiger partial charge in [-0.05, 0) is 24.3 Å². The van der Waals surface area contributed by atoms with Gasteiger partial charge in [0, 0.05) is 13.1 Å². The highest BCUT2D eigenvalue weighted by Crippen LogP contribution is 2.25. The van der Waals surface area contributed by atoms with Crippen LogP contribution in [0.3, 0.4) is 0 Å². The Balaban J connectivity index is 1.52. The highest BCUT2D eigenvalue weighted by atomic mass is 16.2. The first-order valence-corrected chi connectivity index (χ1v) is 7.90. The van der Waals surface area contributed by atoms with Gasteiger partial charge >= 0.3 is 6.03 Å². The number of nitrogens with one attached hydrogen (secondary N) is 2. The van der Waals surface area contributed by atoms with E-state index in [1.807, 2.05) is 18.2 Å². The predicted molar refractivity (Wildman–Crippen MR) is 82.7 cm³/mol. The molecule has 3 nitrogen and oxygen atoms in total. The van der Waals surface area contributed by atoms with Crippen LogP contribution < -0.4 is 10.6 Å². The smallest absolute Gasteiger partial charge is 0.314 e. The van der Waals surface area contributed by atoms with E-state index in [4.69, 9.17) is 0 Å². The van der Waals surface area contributed by atoms with Crippen molar-refractivity contribution in [3.63, 3.8) is 0 Å². The van der Waals surface area contributed by atoms with E-state index in [0.29, 0.717) is 6.54 Å². The van der Waals surface area contributed by atoms with Gasteiger partial charge in [0.2, 0.25) is 0 Å². The van der Waals surface area contributed by atoms with Crippen LogP contribution in [0.4, 0.5) is 4.79 Å². The molecule has 0 unspecified atom stereocenters. The molecular weight excluding hydrogens is 248 g/mol. The first-order valence-electron chi connectivity index (χ1n) is 7.90. The van der Waals surface area contributed by atoms with E-state index < -0.39 is 0 Å². The molecule has 3 heteroatoms. The molecule has 20 heavy (non-hydrogen) atoms. The van der Waals surface area contributed by atoms with Gasteiger partial charge in [0.1, 0.15) is 0 Å². The molecule has 1 fully saturated rings. The number of hydrogen-bond acceptors (Lipinski definition) is 1. The zero-order valence-electron chi connectivity index (χ0n) is 12.2. The van der Waals surface area contributed by atoms with Gasteiger partial charge in [-0.3, -0.25) is 0 Å². The Morgan fingerprint density at radius 3 is 2.45 bits per heavy atom. The van der Waals surface area contributed by atoms with Gasteiger partial charge < -0.3 is 10.6 Å². The van der Waals surface area contributed by atoms with Crippen molar-refractivity contribution in [1.29, 1.82) is 0 Å². The summed E-state index contributed by atoms with van der Waals surface area (Å²) >= 11 is 0. The fourth-order valence-corrected chi connectivity index (χ4v) is 2.89. The van der Waals surface area contributed by atoms with Crippen molar-refractivity contribution in [3.8, 4) is 0 Å². The van der Waals surface area contributed by atoms with E-state index >= 15 is 0 Å². The van der Waals surface area contributed by atoms with Crippen LogP contribution in [0.1, 0.15) is 44.1 Å². The maximum atomic E-state index is 11.7. The molecule has 0 aliphatic heterocycles. The van der Waals surface area contributed by atoms with Crippen LogP contribution in [0.5, 0.6) is 0 Å². The van der Waals surface area contributed by atoms with Crippen LogP contribution in [0.15, 0.2) is 30.3 Å². The molecule has 0 saturated heterocycles. The lowest BCUT2D eigenvalue weighted by atomic mass is 9.87. The molecule has 0 atom stereocenters. The van der Waals surface area contributed by atoms with Crippen LogP contribution >= 0.6 is 0 Å². The zero-order chi connectivity index (χ0) is 14.0. The quantitative estimate of drug-likeness (QED) is 0.819. The number of carbonyl (C=O) groups excluding carboxylic acids is 1. The lowest BCUT2D eigenvalue weighted by Crippen LogP contribution is -2.37. The van der Waals surface area contributed by atoms with E-state index in [1.165, 1.54) is 37.7 Å². The van der Waals surface area contributed by atoms with Gasteiger partial charge in [-0.15, -0.1) is 0 Å². The van der Waals surface area contributed by atoms with Crippen LogP contribution in [0.2, 0.25) is 0 Å². The van der Waals surface area contributed by atoms with E-state index in [2.05, 4.69) is 22.8 Å². The van der Waals surface area contributed by atoms with Gasteiger partial charge in [0.25, 0.3) is 0 Å². The Morgan fingerprint density at radius 1 is 1.00 bits per heavy atom. The van der Waals surface area contributed by atoms with Crippen molar-refractivity contribution in [3.05, 3.63) is 35.9 Å². The van der Waals surface area contributed by atoms with Gasteiger partial charge in [0.15, 0.2) is 0 Å². The van der Waals surface area contributed by atoms with Gasteiger partial charge in [-0.1, -0.05) is 62.4 Å². The molecule has 1 aliphatic rings. The number of amides is 2. The monoisotopic (exact) mass is 274 g/mol. The molecule has 110 valence electrons. The summed E-state index contributed by atoms with van der Waals surface area (Å²) in [4.78, 5) is 11.7. The summed E-state index contributed by atoms with van der Waals surface area (Å²) in [6.07, 6.45) is 8.84. The maximum absolute atomic E-state index is 11.7. The summed E-state index contributed by atoms with van der Waals surface area (Å²) in [6, 6.07) is 10.2. The van der Waals surface area contributed by atoms with Crippen molar-refractivity contribution in [2.24, 2.45) is 5.92 Å². The first-order chi connectivity index (χ1) is 9.84. The second-order valence-electron chi connectivity index (χ2n) is 5.71. The molecule has 2 N–H and O–H groups in total. The van der Waals surface area contributed by atoms with E-state index in [1.54, 1.807) is 0 Å². The molecule has 1 aliphatic carbocycles. The Bertz CT molecular complexity index is 385. The molecule has 1 saturated carbocycles. The number of benzene rings is 1. The Morgan fingerprint density at radius 2 is 1.70 bits per heavy atom. The minimum absolute atomic E-state index is 0.0308. The lowest BCUT2D eigenvalue weighted by molar-refractivity contribution is 0.239. The fourth-order valence-electron chi connectivity index (χ4n) is 2.89. The second-order valence-corrected chi connectivity index (χ2v) is 5.71. The molecule has 1 aromatic rings. The second kappa shape index (κ2) is 8.62. The van der Waals surface area contributed by atoms with Crippen LogP contribution in [0.25, 0.3) is 0 Å². The highest BCUT2D eigenvalue weighted by molar-refractivity contribution is 5.73. The van der Waals surface area contributed by atoms with Crippen LogP contribution in [-0.4, -0.2) is 19.1 Å². The molecule has 0 radical (unpaired) electrons. The molecule has 0 heterocycles. The standard InChI is InChI=1S/C17H26N2O/c20-17(18-13-11-15-7-3-1-4-8-15)19-14-12-16-9-5-2-6-10-16/h1,3-4,7-8,16H,2,5-6,9-14H2,(H2,18,19,20). The van der Waals surface area contributed by atoms with E-state index in [-0.39, 0.29) is 6.03 Å². The van der Waals surface area contributed by atoms with Gasteiger partial charge in [-0.2, -0.15) is 0 Å². The van der Waals surface area contributed by atoms with Crippen molar-refractivity contribution in [2.75, 3.05) is 13.1 Å². The van der Waals surface area contributed by atoms with Crippen molar-refractivity contribution >= 4 is 6.03 Å². The van der Waals surface area contributed by atoms with Gasteiger partial charge in [0.05, 0.1) is 0 Å². The lowest BCUT2D eigenvalue weighted by Gasteiger charge is -2.21. The molecule has 0 aromatic heterocycles. The van der Waals surface area contributed by atoms with Gasteiger partial charge in [-0.25, -0.2) is 4.79 Å². The first kappa shape index (κ1) is 14.9. The van der Waals surface area contributed by atoms with Crippen molar-refractivity contribution in [2.45, 2.75) is 44.9 Å². The Labute approximate surface area is 122 Å². The van der Waals surface area contributed by atoms with E-state index in [0.717, 1.165) is 25.3 Å². The number of carbonyl (C=O) groups is 1. The van der Waals surface area contributed by atoms with Crippen molar-refractivity contribution < 1.29 is 4.79 Å². The summed E-state index contributed by atoms with van der Waals surface area (Å²) in [5.41, 5.74) is 1.26. The molecule has 2 rings (SSSR count). The summed E-state index contributed by atoms with van der Waals surface area (Å²) in [6.45, 7) is 1.50. The molecule has 0 spiro atoms. The average molecular weight is 274 g/mol. The zero-order valence-corrected chi connectivity index (χ0v) is 12.2. The van der Waals surface area contributed by atoms with Crippen molar-refractivity contribution in [1.82, 2.24) is 10.6 Å². The normalized spacial score (nSPS) is 15.8. The molecular formula is C17H26N2O. The van der Waals surface area contributed by atoms with Crippen LogP contribution in [-0.2, 0) is 6.42 Å². The number of hydrogen-bond donors (Lipinski definition) is 2. The average Bonchev–Trinajstić information content (AvgIpc) is 2.49. The predicted octanol–water partition coefficient (Wildman–Crippen LogP) is 3.50. The summed E-state index contributed by atoms with van der Waals surface area (Å²) in [5.74, 6) is 0.827. The Hall–Kier alpha value is -1.51. The van der Waals surface area contributed by atoms with E-state index in [9.17, 15) is 4.79 Å². The third-order valence-electron chi connectivity index (χ3n) is 4.10. The highest BCUT2D eigenvalue weighted by Gasteiger charge is 2.13. The summed E-state index contributed by atoms with van der Waals surface area (Å²) in [7, 11) is 0. The molecule has 0 bridgehead atoms. The number of urea groups is 1. The third kappa shape index (κ3) is 5.64. The molecule has 2 amide bonds. The Kier molecular flexibility index (Phi) is 6.42. The largest absolute Gasteiger partial charge is 0.338 e. The minimum atomic E-state index is -0.0308. The summed E-state index contributed by atoms with van der Waals surface area (Å²) in [5, 5.41) is 5.89. The minimum Gasteiger partial charge on any atom is -0.338 e. The SMILES string of the molecule is O=C(NCCc1ccccc1)NCCC1CCCCC1. The number of rotatable bonds is 6. The molecule has 1 aromatic carbocycles. The maximum Gasteiger partial charge on any atom is 0.314 e. The topological polar surface area (TPSA) is 41.1 Å². The summed E-state index contributed by atoms with van der Waals surface area (Å²) < 4.78 is 0. The fraction of sp³-hybridized carbons (Fsp3) is 0.588.